The average molecular weight is 243 g/mol. The molecule has 0 radical (unpaired) electrons. The monoisotopic (exact) mass is 243 g/mol. The fourth-order valence-electron chi connectivity index (χ4n) is 2.25. The number of piperidine rings is 1. The second-order valence-corrected chi connectivity index (χ2v) is 4.51. The average Bonchev–Trinajstić information content (AvgIpc) is 2.28. The van der Waals surface area contributed by atoms with Crippen molar-refractivity contribution in [1.82, 2.24) is 0 Å². The fourth-order valence-corrected chi connectivity index (χ4v) is 2.25. The predicted molar refractivity (Wildman–Crippen MR) is 62.3 cm³/mol. The molecule has 1 aliphatic rings. The summed E-state index contributed by atoms with van der Waals surface area (Å²) in [7, 11) is 0. The maximum atomic E-state index is 12.3. The van der Waals surface area contributed by atoms with Crippen LogP contribution in [-0.4, -0.2) is 19.3 Å². The van der Waals surface area contributed by atoms with E-state index in [0.717, 1.165) is 31.6 Å². The third-order valence-corrected chi connectivity index (χ3v) is 3.04. The molecule has 0 saturated carbocycles. The largest absolute Gasteiger partial charge is 0.393 e. The third-order valence-electron chi connectivity index (χ3n) is 3.04. The molecule has 94 valence electrons. The van der Waals surface area contributed by atoms with Crippen molar-refractivity contribution in [2.75, 3.05) is 18.0 Å². The Morgan fingerprint density at radius 2 is 1.76 bits per heavy atom. The topological polar surface area (TPSA) is 3.24 Å². The molecule has 0 unspecified atom stereocenters. The smallest absolute Gasteiger partial charge is 0.372 e. The van der Waals surface area contributed by atoms with E-state index in [1.54, 1.807) is 18.2 Å². The molecule has 1 aliphatic heterocycles. The second-order valence-electron chi connectivity index (χ2n) is 4.51. The Balaban J connectivity index is 2.10. The molecule has 1 aromatic carbocycles. The summed E-state index contributed by atoms with van der Waals surface area (Å²) in [4.78, 5) is 2.17. The van der Waals surface area contributed by atoms with E-state index in [-0.39, 0.29) is 0 Å². The highest BCUT2D eigenvalue weighted by atomic mass is 19.4. The summed E-state index contributed by atoms with van der Waals surface area (Å²) in [5.74, 6) is 0. The Morgan fingerprint density at radius 1 is 1.06 bits per heavy atom. The first-order valence-corrected chi connectivity index (χ1v) is 5.95. The lowest BCUT2D eigenvalue weighted by Crippen LogP contribution is -2.29. The van der Waals surface area contributed by atoms with Crippen LogP contribution in [0.4, 0.5) is 18.9 Å². The molecule has 0 amide bonds. The van der Waals surface area contributed by atoms with Gasteiger partial charge in [0.25, 0.3) is 0 Å². The van der Waals surface area contributed by atoms with Gasteiger partial charge in [0.1, 0.15) is 0 Å². The molecule has 0 spiro atoms. The molecule has 0 N–H and O–H groups in total. The molecule has 1 nitrogen and oxygen atoms in total. The molecule has 2 rings (SSSR count). The van der Waals surface area contributed by atoms with Gasteiger partial charge in [-0.3, -0.25) is 0 Å². The molecule has 0 aromatic heterocycles. The minimum absolute atomic E-state index is 0.348. The maximum Gasteiger partial charge on any atom is 0.393 e. The lowest BCUT2D eigenvalue weighted by atomic mass is 10.1. The van der Waals surface area contributed by atoms with Crippen LogP contribution in [0.1, 0.15) is 24.8 Å². The maximum absolute atomic E-state index is 12.3. The molecule has 1 aromatic rings. The van der Waals surface area contributed by atoms with E-state index in [2.05, 4.69) is 4.90 Å². The fraction of sp³-hybridized carbons (Fsp3) is 0.538. The number of hydrogen-bond acceptors (Lipinski definition) is 1. The molecular weight excluding hydrogens is 227 g/mol. The van der Waals surface area contributed by atoms with Gasteiger partial charge in [-0.05, 0) is 37.0 Å². The Labute approximate surface area is 99.2 Å². The zero-order valence-electron chi connectivity index (χ0n) is 9.63. The Bertz CT molecular complexity index is 367. The number of anilines is 1. The van der Waals surface area contributed by atoms with E-state index < -0.39 is 12.6 Å². The zero-order valence-corrected chi connectivity index (χ0v) is 9.63. The number of benzene rings is 1. The number of nitrogens with zero attached hydrogens (tertiary/aromatic N) is 1. The molecule has 1 saturated heterocycles. The highest BCUT2D eigenvalue weighted by Crippen LogP contribution is 2.25. The normalized spacial score (nSPS) is 17.2. The molecular formula is C13H16F3N. The summed E-state index contributed by atoms with van der Waals surface area (Å²) in [6.45, 7) is 1.91. The van der Waals surface area contributed by atoms with Gasteiger partial charge in [-0.15, -0.1) is 0 Å². The molecule has 4 heteroatoms. The van der Waals surface area contributed by atoms with E-state index >= 15 is 0 Å². The van der Waals surface area contributed by atoms with Gasteiger partial charge in [-0.2, -0.15) is 13.2 Å². The number of hydrogen-bond donors (Lipinski definition) is 0. The van der Waals surface area contributed by atoms with Gasteiger partial charge in [0.05, 0.1) is 6.42 Å². The standard InChI is InChI=1S/C13H16F3N/c14-13(15,16)10-11-5-4-6-12(9-11)17-7-2-1-3-8-17/h4-6,9H,1-3,7-8,10H2. The Hall–Kier alpha value is -1.19. The minimum atomic E-state index is -4.12. The first kappa shape index (κ1) is 12.3. The van der Waals surface area contributed by atoms with Gasteiger partial charge >= 0.3 is 6.18 Å². The first-order valence-electron chi connectivity index (χ1n) is 5.95. The summed E-state index contributed by atoms with van der Waals surface area (Å²) in [5.41, 5.74) is 1.27. The van der Waals surface area contributed by atoms with Crippen molar-refractivity contribution in [1.29, 1.82) is 0 Å². The van der Waals surface area contributed by atoms with Gasteiger partial charge in [0.2, 0.25) is 0 Å². The zero-order chi connectivity index (χ0) is 12.3. The highest BCUT2D eigenvalue weighted by molar-refractivity contribution is 5.49. The van der Waals surface area contributed by atoms with Crippen molar-refractivity contribution in [3.8, 4) is 0 Å². The van der Waals surface area contributed by atoms with E-state index in [1.165, 1.54) is 6.42 Å². The van der Waals surface area contributed by atoms with E-state index in [1.807, 2.05) is 6.07 Å². The van der Waals surface area contributed by atoms with Crippen LogP contribution >= 0.6 is 0 Å². The third kappa shape index (κ3) is 3.65. The Morgan fingerprint density at radius 3 is 2.41 bits per heavy atom. The summed E-state index contributed by atoms with van der Waals surface area (Å²) < 4.78 is 36.9. The number of alkyl halides is 3. The van der Waals surface area contributed by atoms with Crippen LogP contribution in [0.25, 0.3) is 0 Å². The van der Waals surface area contributed by atoms with Gasteiger partial charge < -0.3 is 4.90 Å². The van der Waals surface area contributed by atoms with Gasteiger partial charge in [-0.1, -0.05) is 12.1 Å². The lowest BCUT2D eigenvalue weighted by molar-refractivity contribution is -0.127. The van der Waals surface area contributed by atoms with Gasteiger partial charge in [-0.25, -0.2) is 0 Å². The number of halogens is 3. The Kier molecular flexibility index (Phi) is 3.60. The lowest BCUT2D eigenvalue weighted by Gasteiger charge is -2.29. The molecule has 1 fully saturated rings. The van der Waals surface area contributed by atoms with E-state index in [0.29, 0.717) is 5.56 Å². The minimum Gasteiger partial charge on any atom is -0.372 e. The molecule has 17 heavy (non-hydrogen) atoms. The summed E-state index contributed by atoms with van der Waals surface area (Å²) in [6.07, 6.45) is -1.49. The van der Waals surface area contributed by atoms with Crippen LogP contribution in [0, 0.1) is 0 Å². The van der Waals surface area contributed by atoms with Crippen LogP contribution in [0.5, 0.6) is 0 Å². The predicted octanol–water partition coefficient (Wildman–Crippen LogP) is 3.78. The highest BCUT2D eigenvalue weighted by Gasteiger charge is 2.27. The van der Waals surface area contributed by atoms with Crippen molar-refractivity contribution in [3.63, 3.8) is 0 Å². The van der Waals surface area contributed by atoms with Crippen molar-refractivity contribution >= 4 is 5.69 Å². The van der Waals surface area contributed by atoms with Crippen LogP contribution in [0.3, 0.4) is 0 Å². The van der Waals surface area contributed by atoms with Crippen molar-refractivity contribution < 1.29 is 13.2 Å². The summed E-state index contributed by atoms with van der Waals surface area (Å²) in [5, 5.41) is 0. The van der Waals surface area contributed by atoms with Crippen LogP contribution in [0.2, 0.25) is 0 Å². The SMILES string of the molecule is FC(F)(F)Cc1cccc(N2CCCCC2)c1. The van der Waals surface area contributed by atoms with Crippen molar-refractivity contribution in [2.45, 2.75) is 31.9 Å². The second kappa shape index (κ2) is 4.98. The van der Waals surface area contributed by atoms with E-state index in [4.69, 9.17) is 0 Å². The molecule has 1 heterocycles. The summed E-state index contributed by atoms with van der Waals surface area (Å²) >= 11 is 0. The van der Waals surface area contributed by atoms with Crippen molar-refractivity contribution in [3.05, 3.63) is 29.8 Å². The van der Waals surface area contributed by atoms with Crippen LogP contribution in [-0.2, 0) is 6.42 Å². The van der Waals surface area contributed by atoms with Gasteiger partial charge in [0, 0.05) is 18.8 Å². The molecule has 0 aliphatic carbocycles. The van der Waals surface area contributed by atoms with Gasteiger partial charge in [0.15, 0.2) is 0 Å². The molecule has 0 atom stereocenters. The quantitative estimate of drug-likeness (QED) is 0.764. The van der Waals surface area contributed by atoms with E-state index in [9.17, 15) is 13.2 Å². The first-order chi connectivity index (χ1) is 8.04. The van der Waals surface area contributed by atoms with Crippen molar-refractivity contribution in [2.24, 2.45) is 0 Å². The van der Waals surface area contributed by atoms with Crippen LogP contribution < -0.4 is 4.90 Å². The summed E-state index contributed by atoms with van der Waals surface area (Å²) in [6, 6.07) is 6.82. The van der Waals surface area contributed by atoms with Crippen LogP contribution in [0.15, 0.2) is 24.3 Å². The number of rotatable bonds is 2. The molecule has 0 bridgehead atoms.